The van der Waals surface area contributed by atoms with Gasteiger partial charge in [-0.3, -0.25) is 0 Å². The Morgan fingerprint density at radius 1 is 1.00 bits per heavy atom. The van der Waals surface area contributed by atoms with E-state index in [4.69, 9.17) is 4.52 Å². The first kappa shape index (κ1) is 12.7. The molecule has 3 aromatic rings. The van der Waals surface area contributed by atoms with Crippen molar-refractivity contribution in [2.24, 2.45) is 0 Å². The van der Waals surface area contributed by atoms with Crippen molar-refractivity contribution >= 4 is 11.0 Å². The molecule has 2 aromatic carbocycles. The van der Waals surface area contributed by atoms with Crippen molar-refractivity contribution in [3.05, 3.63) is 53.8 Å². The number of nitrogens with zero attached hydrogens (tertiary/aromatic N) is 1. The molecule has 0 fully saturated rings. The highest BCUT2D eigenvalue weighted by Crippen LogP contribution is 2.34. The van der Waals surface area contributed by atoms with E-state index in [2.05, 4.69) is 5.16 Å². The summed E-state index contributed by atoms with van der Waals surface area (Å²) in [5, 5.41) is 4.18. The molecule has 0 aliphatic carbocycles. The van der Waals surface area contributed by atoms with Crippen LogP contribution in [0.4, 0.5) is 17.6 Å². The van der Waals surface area contributed by atoms with Crippen molar-refractivity contribution in [2.45, 2.75) is 6.18 Å². The molecular formula is C14H7F4NO. The second kappa shape index (κ2) is 4.33. The van der Waals surface area contributed by atoms with Crippen LogP contribution in [0.25, 0.3) is 22.2 Å². The monoisotopic (exact) mass is 281 g/mol. The molecule has 6 heteroatoms. The molecule has 0 aliphatic heterocycles. The van der Waals surface area contributed by atoms with Gasteiger partial charge in [-0.1, -0.05) is 17.3 Å². The molecule has 0 saturated heterocycles. The molecule has 0 aliphatic rings. The Hall–Kier alpha value is -2.37. The molecule has 0 saturated carbocycles. The van der Waals surface area contributed by atoms with Gasteiger partial charge in [0.25, 0.3) is 0 Å². The molecule has 2 nitrogen and oxygen atoms in total. The van der Waals surface area contributed by atoms with Crippen molar-refractivity contribution in [1.82, 2.24) is 5.16 Å². The maximum Gasteiger partial charge on any atom is 0.416 e. The zero-order valence-corrected chi connectivity index (χ0v) is 9.91. The zero-order chi connectivity index (χ0) is 14.3. The van der Waals surface area contributed by atoms with Crippen LogP contribution in [-0.4, -0.2) is 5.16 Å². The molecule has 3 rings (SSSR count). The Morgan fingerprint density at radius 3 is 2.55 bits per heavy atom. The third-order valence-corrected chi connectivity index (χ3v) is 2.90. The SMILES string of the molecule is Fc1ccc2c(-c3cccc(C(F)(F)F)c3)noc2c1. The number of alkyl halides is 3. The Kier molecular flexibility index (Phi) is 2.74. The van der Waals surface area contributed by atoms with Crippen LogP contribution >= 0.6 is 0 Å². The predicted molar refractivity (Wildman–Crippen MR) is 64.4 cm³/mol. The van der Waals surface area contributed by atoms with Gasteiger partial charge >= 0.3 is 6.18 Å². The minimum Gasteiger partial charge on any atom is -0.356 e. The van der Waals surface area contributed by atoms with Gasteiger partial charge in [0.15, 0.2) is 5.58 Å². The van der Waals surface area contributed by atoms with Crippen molar-refractivity contribution in [2.75, 3.05) is 0 Å². The summed E-state index contributed by atoms with van der Waals surface area (Å²) in [6.07, 6.45) is -4.43. The zero-order valence-electron chi connectivity index (χ0n) is 9.91. The number of fused-ring (bicyclic) bond motifs is 1. The molecule has 102 valence electrons. The van der Waals surface area contributed by atoms with Gasteiger partial charge in [0.05, 0.1) is 5.56 Å². The topological polar surface area (TPSA) is 26.0 Å². The lowest BCUT2D eigenvalue weighted by molar-refractivity contribution is -0.137. The van der Waals surface area contributed by atoms with E-state index in [1.807, 2.05) is 0 Å². The average molecular weight is 281 g/mol. The lowest BCUT2D eigenvalue weighted by atomic mass is 10.0. The first-order valence-electron chi connectivity index (χ1n) is 5.68. The van der Waals surface area contributed by atoms with Gasteiger partial charge in [-0.15, -0.1) is 0 Å². The maximum atomic E-state index is 13.0. The first-order chi connectivity index (χ1) is 9.45. The maximum absolute atomic E-state index is 13.0. The highest BCUT2D eigenvalue weighted by atomic mass is 19.4. The van der Waals surface area contributed by atoms with Crippen LogP contribution in [0.15, 0.2) is 47.0 Å². The minimum atomic E-state index is -4.43. The van der Waals surface area contributed by atoms with E-state index >= 15 is 0 Å². The molecule has 1 heterocycles. The molecule has 0 radical (unpaired) electrons. The summed E-state index contributed by atoms with van der Waals surface area (Å²) in [5.74, 6) is -0.496. The Bertz CT molecular complexity index is 776. The lowest BCUT2D eigenvalue weighted by Crippen LogP contribution is -2.04. The van der Waals surface area contributed by atoms with Gasteiger partial charge in [0.2, 0.25) is 0 Å². The minimum absolute atomic E-state index is 0.192. The first-order valence-corrected chi connectivity index (χ1v) is 5.68. The van der Waals surface area contributed by atoms with Crippen molar-refractivity contribution in [3.63, 3.8) is 0 Å². The molecule has 0 amide bonds. The highest BCUT2D eigenvalue weighted by molar-refractivity contribution is 5.91. The summed E-state index contributed by atoms with van der Waals surface area (Å²) < 4.78 is 56.0. The third-order valence-electron chi connectivity index (χ3n) is 2.90. The molecule has 0 spiro atoms. The number of aromatic nitrogens is 1. The normalized spacial score (nSPS) is 12.0. The van der Waals surface area contributed by atoms with Gasteiger partial charge in [-0.2, -0.15) is 13.2 Å². The summed E-state index contributed by atoms with van der Waals surface area (Å²) >= 11 is 0. The molecular weight excluding hydrogens is 274 g/mol. The van der Waals surface area contributed by atoms with E-state index in [0.29, 0.717) is 5.39 Å². The van der Waals surface area contributed by atoms with E-state index in [1.54, 1.807) is 0 Å². The van der Waals surface area contributed by atoms with Gasteiger partial charge in [0, 0.05) is 17.0 Å². The largest absolute Gasteiger partial charge is 0.416 e. The van der Waals surface area contributed by atoms with Crippen LogP contribution in [0.1, 0.15) is 5.56 Å². The number of benzene rings is 2. The molecule has 20 heavy (non-hydrogen) atoms. The van der Waals surface area contributed by atoms with Gasteiger partial charge < -0.3 is 4.52 Å². The van der Waals surface area contributed by atoms with Crippen LogP contribution in [-0.2, 0) is 6.18 Å². The van der Waals surface area contributed by atoms with Crippen molar-refractivity contribution in [3.8, 4) is 11.3 Å². The quantitative estimate of drug-likeness (QED) is 0.607. The predicted octanol–water partition coefficient (Wildman–Crippen LogP) is 4.65. The highest BCUT2D eigenvalue weighted by Gasteiger charge is 2.30. The van der Waals surface area contributed by atoms with E-state index in [-0.39, 0.29) is 16.8 Å². The lowest BCUT2D eigenvalue weighted by Gasteiger charge is -2.07. The molecule has 0 atom stereocenters. The fraction of sp³-hybridized carbons (Fsp3) is 0.0714. The van der Waals surface area contributed by atoms with E-state index in [9.17, 15) is 17.6 Å². The molecule has 0 N–H and O–H groups in total. The number of hydrogen-bond acceptors (Lipinski definition) is 2. The average Bonchev–Trinajstić information content (AvgIpc) is 2.80. The second-order valence-electron chi connectivity index (χ2n) is 4.25. The number of hydrogen-bond donors (Lipinski definition) is 0. The summed E-state index contributed by atoms with van der Waals surface area (Å²) in [4.78, 5) is 0. The fourth-order valence-electron chi connectivity index (χ4n) is 1.96. The standard InChI is InChI=1S/C14H7F4NO/c15-10-4-5-11-12(7-10)20-19-13(11)8-2-1-3-9(6-8)14(16,17)18/h1-7H. The van der Waals surface area contributed by atoms with Gasteiger partial charge in [0.1, 0.15) is 11.5 Å². The van der Waals surface area contributed by atoms with E-state index in [0.717, 1.165) is 18.2 Å². The molecule has 1 aromatic heterocycles. The van der Waals surface area contributed by atoms with Crippen LogP contribution in [0.3, 0.4) is 0 Å². The number of halogens is 4. The van der Waals surface area contributed by atoms with Crippen molar-refractivity contribution < 1.29 is 22.1 Å². The Labute approximate surface area is 110 Å². The van der Waals surface area contributed by atoms with Crippen LogP contribution in [0.2, 0.25) is 0 Å². The van der Waals surface area contributed by atoms with E-state index < -0.39 is 17.6 Å². The summed E-state index contributed by atoms with van der Waals surface area (Å²) in [6, 6.07) is 8.52. The summed E-state index contributed by atoms with van der Waals surface area (Å²) in [7, 11) is 0. The summed E-state index contributed by atoms with van der Waals surface area (Å²) in [5.41, 5.74) is -0.0537. The van der Waals surface area contributed by atoms with Crippen LogP contribution in [0.5, 0.6) is 0 Å². The van der Waals surface area contributed by atoms with E-state index in [1.165, 1.54) is 24.3 Å². The van der Waals surface area contributed by atoms with Gasteiger partial charge in [-0.05, 0) is 24.3 Å². The second-order valence-corrected chi connectivity index (χ2v) is 4.25. The third kappa shape index (κ3) is 2.13. The smallest absolute Gasteiger partial charge is 0.356 e. The Morgan fingerprint density at radius 2 is 1.80 bits per heavy atom. The van der Waals surface area contributed by atoms with Crippen LogP contribution < -0.4 is 0 Å². The van der Waals surface area contributed by atoms with Crippen molar-refractivity contribution in [1.29, 1.82) is 0 Å². The number of rotatable bonds is 1. The fourth-order valence-corrected chi connectivity index (χ4v) is 1.96. The molecule has 0 bridgehead atoms. The summed E-state index contributed by atoms with van der Waals surface area (Å²) in [6.45, 7) is 0. The Balaban J connectivity index is 2.16. The molecule has 0 unspecified atom stereocenters. The van der Waals surface area contributed by atoms with Gasteiger partial charge in [-0.25, -0.2) is 4.39 Å². The van der Waals surface area contributed by atoms with Crippen LogP contribution in [0, 0.1) is 5.82 Å².